The van der Waals surface area contributed by atoms with Crippen LogP contribution in [0.1, 0.15) is 12.8 Å². The third-order valence-electron chi connectivity index (χ3n) is 2.70. The summed E-state index contributed by atoms with van der Waals surface area (Å²) in [5, 5.41) is 17.5. The molecular formula is C13H14N4OS. The van der Waals surface area contributed by atoms with E-state index in [4.69, 9.17) is 4.42 Å². The standard InChI is InChI=1S/C13H14N4OS/c1-2-14-8-12-16-17-13(18-12)15-10-3-4-11-9(7-10)5-6-19-11/h3-7,14H,2,8H2,1H3,(H,15,17). The van der Waals surface area contributed by atoms with Crippen LogP contribution in [0.4, 0.5) is 11.7 Å². The highest BCUT2D eigenvalue weighted by Gasteiger charge is 2.06. The Labute approximate surface area is 114 Å². The summed E-state index contributed by atoms with van der Waals surface area (Å²) in [5.41, 5.74) is 0.949. The van der Waals surface area contributed by atoms with E-state index in [0.29, 0.717) is 18.5 Å². The number of thiophene rings is 1. The lowest BCUT2D eigenvalue weighted by atomic mass is 10.2. The molecule has 0 fully saturated rings. The number of anilines is 2. The van der Waals surface area contributed by atoms with Gasteiger partial charge in [0.25, 0.3) is 0 Å². The Hall–Kier alpha value is -1.92. The first-order valence-electron chi connectivity index (χ1n) is 6.12. The Bertz CT molecular complexity index is 676. The number of benzene rings is 1. The first kappa shape index (κ1) is 12.1. The molecule has 2 N–H and O–H groups in total. The van der Waals surface area contributed by atoms with Gasteiger partial charge < -0.3 is 15.1 Å². The normalized spacial score (nSPS) is 11.0. The predicted molar refractivity (Wildman–Crippen MR) is 76.8 cm³/mol. The average molecular weight is 274 g/mol. The minimum absolute atomic E-state index is 0.419. The van der Waals surface area contributed by atoms with Crippen molar-refractivity contribution >= 4 is 33.1 Å². The van der Waals surface area contributed by atoms with Gasteiger partial charge in [0.15, 0.2) is 0 Å². The summed E-state index contributed by atoms with van der Waals surface area (Å²) in [4.78, 5) is 0. The molecule has 3 aromatic rings. The van der Waals surface area contributed by atoms with Crippen LogP contribution in [0, 0.1) is 0 Å². The van der Waals surface area contributed by atoms with Crippen molar-refractivity contribution in [3.8, 4) is 0 Å². The van der Waals surface area contributed by atoms with E-state index in [1.807, 2.05) is 13.0 Å². The molecular weight excluding hydrogens is 260 g/mol. The van der Waals surface area contributed by atoms with Crippen molar-refractivity contribution < 1.29 is 4.42 Å². The van der Waals surface area contributed by atoms with Crippen LogP contribution in [0.3, 0.4) is 0 Å². The lowest BCUT2D eigenvalue weighted by Crippen LogP contribution is -2.11. The van der Waals surface area contributed by atoms with Gasteiger partial charge in [-0.25, -0.2) is 0 Å². The van der Waals surface area contributed by atoms with Crippen molar-refractivity contribution in [2.24, 2.45) is 0 Å². The number of rotatable bonds is 5. The smallest absolute Gasteiger partial charge is 0.320 e. The second-order valence-electron chi connectivity index (χ2n) is 4.08. The third kappa shape index (κ3) is 2.74. The maximum absolute atomic E-state index is 5.49. The molecule has 98 valence electrons. The molecule has 0 spiro atoms. The number of hydrogen-bond acceptors (Lipinski definition) is 6. The highest BCUT2D eigenvalue weighted by Crippen LogP contribution is 2.25. The molecule has 3 rings (SSSR count). The Kier molecular flexibility index (Phi) is 3.43. The number of nitrogens with zero attached hydrogens (tertiary/aromatic N) is 2. The minimum Gasteiger partial charge on any atom is -0.406 e. The van der Waals surface area contributed by atoms with Crippen LogP contribution in [0.2, 0.25) is 0 Å². The van der Waals surface area contributed by atoms with Gasteiger partial charge in [0.1, 0.15) is 0 Å². The lowest BCUT2D eigenvalue weighted by molar-refractivity contribution is 0.484. The second kappa shape index (κ2) is 5.38. The van der Waals surface area contributed by atoms with E-state index in [2.05, 4.69) is 44.4 Å². The van der Waals surface area contributed by atoms with E-state index in [1.54, 1.807) is 11.3 Å². The van der Waals surface area contributed by atoms with Crippen LogP contribution in [0.5, 0.6) is 0 Å². The zero-order chi connectivity index (χ0) is 13.1. The highest BCUT2D eigenvalue weighted by molar-refractivity contribution is 7.17. The summed E-state index contributed by atoms with van der Waals surface area (Å²) in [6.07, 6.45) is 0. The van der Waals surface area contributed by atoms with Crippen LogP contribution < -0.4 is 10.6 Å². The lowest BCUT2D eigenvalue weighted by Gasteiger charge is -2.01. The topological polar surface area (TPSA) is 63.0 Å². The van der Waals surface area contributed by atoms with Crippen LogP contribution in [0.15, 0.2) is 34.1 Å². The van der Waals surface area contributed by atoms with Gasteiger partial charge in [-0.2, -0.15) is 0 Å². The second-order valence-corrected chi connectivity index (χ2v) is 5.03. The zero-order valence-corrected chi connectivity index (χ0v) is 11.3. The maximum Gasteiger partial charge on any atom is 0.320 e. The molecule has 0 aliphatic carbocycles. The minimum atomic E-state index is 0.419. The maximum atomic E-state index is 5.49. The fourth-order valence-electron chi connectivity index (χ4n) is 1.78. The van der Waals surface area contributed by atoms with E-state index < -0.39 is 0 Å². The van der Waals surface area contributed by atoms with Gasteiger partial charge in [0, 0.05) is 10.4 Å². The summed E-state index contributed by atoms with van der Waals surface area (Å²) in [7, 11) is 0. The molecule has 0 unspecified atom stereocenters. The summed E-state index contributed by atoms with van der Waals surface area (Å²) < 4.78 is 6.76. The average Bonchev–Trinajstić information content (AvgIpc) is 3.05. The fraction of sp³-hybridized carbons (Fsp3) is 0.231. The monoisotopic (exact) mass is 274 g/mol. The summed E-state index contributed by atoms with van der Waals surface area (Å²) in [6.45, 7) is 3.50. The van der Waals surface area contributed by atoms with E-state index in [-0.39, 0.29) is 0 Å². The SMILES string of the molecule is CCNCc1nnc(Nc2ccc3sccc3c2)o1. The van der Waals surface area contributed by atoms with Crippen molar-refractivity contribution in [1.82, 2.24) is 15.5 Å². The summed E-state index contributed by atoms with van der Waals surface area (Å²) in [5.74, 6) is 0.584. The fourth-order valence-corrected chi connectivity index (χ4v) is 2.55. The van der Waals surface area contributed by atoms with E-state index in [0.717, 1.165) is 12.2 Å². The van der Waals surface area contributed by atoms with Crippen molar-refractivity contribution in [2.45, 2.75) is 13.5 Å². The Morgan fingerprint density at radius 3 is 3.11 bits per heavy atom. The van der Waals surface area contributed by atoms with Crippen LogP contribution in [-0.4, -0.2) is 16.7 Å². The molecule has 0 saturated heterocycles. The first-order chi connectivity index (χ1) is 9.35. The van der Waals surface area contributed by atoms with Gasteiger partial charge in [-0.3, -0.25) is 0 Å². The van der Waals surface area contributed by atoms with Crippen molar-refractivity contribution in [2.75, 3.05) is 11.9 Å². The molecule has 0 aliphatic heterocycles. The molecule has 0 radical (unpaired) electrons. The molecule has 6 heteroatoms. The number of hydrogen-bond donors (Lipinski definition) is 2. The number of nitrogens with one attached hydrogen (secondary N) is 2. The number of aromatic nitrogens is 2. The zero-order valence-electron chi connectivity index (χ0n) is 10.5. The molecule has 0 bridgehead atoms. The van der Waals surface area contributed by atoms with Gasteiger partial charge in [-0.15, -0.1) is 16.4 Å². The molecule has 2 heterocycles. The molecule has 5 nitrogen and oxygen atoms in total. The molecule has 0 saturated carbocycles. The van der Waals surface area contributed by atoms with Gasteiger partial charge in [0.2, 0.25) is 5.89 Å². The first-order valence-corrected chi connectivity index (χ1v) is 7.00. The van der Waals surface area contributed by atoms with Crippen LogP contribution in [-0.2, 0) is 6.54 Å². The van der Waals surface area contributed by atoms with E-state index >= 15 is 0 Å². The van der Waals surface area contributed by atoms with Gasteiger partial charge in [-0.05, 0) is 41.6 Å². The quantitative estimate of drug-likeness (QED) is 0.748. The Morgan fingerprint density at radius 2 is 2.21 bits per heavy atom. The Morgan fingerprint density at radius 1 is 1.26 bits per heavy atom. The largest absolute Gasteiger partial charge is 0.406 e. The summed E-state index contributed by atoms with van der Waals surface area (Å²) >= 11 is 1.73. The predicted octanol–water partition coefficient (Wildman–Crippen LogP) is 3.14. The molecule has 1 aromatic carbocycles. The van der Waals surface area contributed by atoms with Crippen molar-refractivity contribution in [3.63, 3.8) is 0 Å². The molecule has 19 heavy (non-hydrogen) atoms. The highest BCUT2D eigenvalue weighted by atomic mass is 32.1. The molecule has 2 aromatic heterocycles. The van der Waals surface area contributed by atoms with E-state index in [9.17, 15) is 0 Å². The van der Waals surface area contributed by atoms with Gasteiger partial charge >= 0.3 is 6.01 Å². The molecule has 0 amide bonds. The van der Waals surface area contributed by atoms with Crippen molar-refractivity contribution in [1.29, 1.82) is 0 Å². The van der Waals surface area contributed by atoms with Crippen LogP contribution in [0.25, 0.3) is 10.1 Å². The molecule has 0 atom stereocenters. The van der Waals surface area contributed by atoms with Gasteiger partial charge in [-0.1, -0.05) is 12.0 Å². The number of fused-ring (bicyclic) bond motifs is 1. The Balaban J connectivity index is 1.74. The van der Waals surface area contributed by atoms with Crippen molar-refractivity contribution in [3.05, 3.63) is 35.5 Å². The molecule has 0 aliphatic rings. The third-order valence-corrected chi connectivity index (χ3v) is 3.59. The van der Waals surface area contributed by atoms with Gasteiger partial charge in [0.05, 0.1) is 6.54 Å². The van der Waals surface area contributed by atoms with Crippen LogP contribution >= 0.6 is 11.3 Å². The van der Waals surface area contributed by atoms with E-state index in [1.165, 1.54) is 10.1 Å². The summed E-state index contributed by atoms with van der Waals surface area (Å²) in [6, 6.07) is 8.67.